The molecule has 0 unspecified atom stereocenters. The summed E-state index contributed by atoms with van der Waals surface area (Å²) in [4.78, 5) is 22.5. The van der Waals surface area contributed by atoms with E-state index in [9.17, 15) is 9.59 Å². The Kier molecular flexibility index (Phi) is 3.31. The number of carboxylic acids is 1. The fourth-order valence-corrected chi connectivity index (χ4v) is 1.06. The van der Waals surface area contributed by atoms with E-state index in [1.165, 1.54) is 20.0 Å². The summed E-state index contributed by atoms with van der Waals surface area (Å²) in [7, 11) is 0. The predicted molar refractivity (Wildman–Crippen MR) is 57.1 cm³/mol. The van der Waals surface area contributed by atoms with E-state index in [0.29, 0.717) is 12.1 Å². The predicted octanol–water partition coefficient (Wildman–Crippen LogP) is 0.496. The van der Waals surface area contributed by atoms with Crippen molar-refractivity contribution in [3.05, 3.63) is 18.0 Å². The monoisotopic (exact) mass is 225 g/mol. The number of carboxylic acid groups (broad SMARTS) is 1. The zero-order chi connectivity index (χ0) is 12.3. The molecule has 1 rings (SSSR count). The molecule has 0 saturated heterocycles. The van der Waals surface area contributed by atoms with Crippen molar-refractivity contribution in [2.75, 3.05) is 0 Å². The molecular formula is C10H15N3O3. The second-order valence-corrected chi connectivity index (χ2v) is 3.97. The van der Waals surface area contributed by atoms with Crippen molar-refractivity contribution in [3.63, 3.8) is 0 Å². The summed E-state index contributed by atoms with van der Waals surface area (Å²) in [6.45, 7) is 5.42. The summed E-state index contributed by atoms with van der Waals surface area (Å²) in [6.07, 6.45) is 2.99. The van der Waals surface area contributed by atoms with Crippen LogP contribution in [-0.4, -0.2) is 32.3 Å². The second-order valence-electron chi connectivity index (χ2n) is 3.97. The van der Waals surface area contributed by atoms with Crippen molar-refractivity contribution < 1.29 is 14.7 Å². The van der Waals surface area contributed by atoms with Gasteiger partial charge in [0.15, 0.2) is 0 Å². The maximum Gasteiger partial charge on any atom is 0.328 e. The summed E-state index contributed by atoms with van der Waals surface area (Å²) in [5.74, 6) is -1.52. The van der Waals surface area contributed by atoms with E-state index < -0.39 is 17.4 Å². The van der Waals surface area contributed by atoms with Crippen molar-refractivity contribution in [2.45, 2.75) is 32.9 Å². The number of carbonyl (C=O) groups excluding carboxylic acids is 1. The van der Waals surface area contributed by atoms with Crippen molar-refractivity contribution in [1.29, 1.82) is 0 Å². The Labute approximate surface area is 93.3 Å². The number of nitrogens with one attached hydrogen (secondary N) is 1. The maximum absolute atomic E-state index is 11.7. The number of aryl methyl sites for hydroxylation is 1. The van der Waals surface area contributed by atoms with Crippen LogP contribution < -0.4 is 5.32 Å². The Balaban J connectivity index is 2.76. The van der Waals surface area contributed by atoms with Crippen LogP contribution in [0.25, 0.3) is 0 Å². The molecule has 0 aliphatic rings. The molecule has 2 N–H and O–H groups in total. The minimum atomic E-state index is -1.29. The number of hydrogen-bond acceptors (Lipinski definition) is 3. The minimum absolute atomic E-state index is 0.358. The van der Waals surface area contributed by atoms with Crippen molar-refractivity contribution >= 4 is 11.9 Å². The van der Waals surface area contributed by atoms with E-state index in [-0.39, 0.29) is 0 Å². The van der Waals surface area contributed by atoms with Crippen LogP contribution in [0.15, 0.2) is 12.4 Å². The van der Waals surface area contributed by atoms with Crippen molar-refractivity contribution in [1.82, 2.24) is 15.1 Å². The highest BCUT2D eigenvalue weighted by atomic mass is 16.4. The van der Waals surface area contributed by atoms with E-state index in [2.05, 4.69) is 10.4 Å². The molecule has 1 amide bonds. The highest BCUT2D eigenvalue weighted by molar-refractivity contribution is 5.97. The molecular weight excluding hydrogens is 210 g/mol. The quantitative estimate of drug-likeness (QED) is 0.781. The van der Waals surface area contributed by atoms with Gasteiger partial charge in [0.25, 0.3) is 5.91 Å². The highest BCUT2D eigenvalue weighted by Crippen LogP contribution is 2.05. The van der Waals surface area contributed by atoms with Crippen molar-refractivity contribution in [3.8, 4) is 0 Å². The van der Waals surface area contributed by atoms with Gasteiger partial charge < -0.3 is 10.4 Å². The molecule has 6 nitrogen and oxygen atoms in total. The third-order valence-electron chi connectivity index (χ3n) is 2.18. The van der Waals surface area contributed by atoms with E-state index in [4.69, 9.17) is 5.11 Å². The summed E-state index contributed by atoms with van der Waals surface area (Å²) in [5, 5.41) is 15.2. The number of nitrogens with zero attached hydrogens (tertiary/aromatic N) is 2. The molecule has 0 saturated carbocycles. The van der Waals surface area contributed by atoms with E-state index in [0.717, 1.165) is 0 Å². The Morgan fingerprint density at radius 2 is 2.19 bits per heavy atom. The van der Waals surface area contributed by atoms with Gasteiger partial charge in [-0.25, -0.2) is 4.79 Å². The average molecular weight is 225 g/mol. The lowest BCUT2D eigenvalue weighted by atomic mass is 10.1. The van der Waals surface area contributed by atoms with Crippen LogP contribution in [0.4, 0.5) is 0 Å². The first-order chi connectivity index (χ1) is 7.36. The first kappa shape index (κ1) is 12.2. The molecule has 1 heterocycles. The van der Waals surface area contributed by atoms with Gasteiger partial charge in [-0.15, -0.1) is 0 Å². The number of carbonyl (C=O) groups is 2. The van der Waals surface area contributed by atoms with Crippen LogP contribution in [0.2, 0.25) is 0 Å². The van der Waals surface area contributed by atoms with Gasteiger partial charge in [0.2, 0.25) is 0 Å². The molecule has 0 radical (unpaired) electrons. The maximum atomic E-state index is 11.7. The molecule has 0 spiro atoms. The van der Waals surface area contributed by atoms with Crippen LogP contribution in [-0.2, 0) is 11.3 Å². The largest absolute Gasteiger partial charge is 0.480 e. The first-order valence-corrected chi connectivity index (χ1v) is 4.95. The molecule has 0 bridgehead atoms. The van der Waals surface area contributed by atoms with Gasteiger partial charge >= 0.3 is 5.97 Å². The topological polar surface area (TPSA) is 84.2 Å². The zero-order valence-electron chi connectivity index (χ0n) is 9.52. The average Bonchev–Trinajstić information content (AvgIpc) is 2.64. The van der Waals surface area contributed by atoms with Gasteiger partial charge in [-0.05, 0) is 20.8 Å². The summed E-state index contributed by atoms with van der Waals surface area (Å²) in [5.41, 5.74) is -0.929. The molecule has 0 aromatic carbocycles. The third-order valence-corrected chi connectivity index (χ3v) is 2.18. The SMILES string of the molecule is CCn1cc(C(=O)NC(C)(C)C(=O)O)cn1. The zero-order valence-corrected chi connectivity index (χ0v) is 9.52. The Morgan fingerprint density at radius 1 is 1.56 bits per heavy atom. The molecule has 0 atom stereocenters. The summed E-state index contributed by atoms with van der Waals surface area (Å²) >= 11 is 0. The second kappa shape index (κ2) is 4.34. The van der Waals surface area contributed by atoms with Gasteiger partial charge in [0.05, 0.1) is 11.8 Å². The Morgan fingerprint density at radius 3 is 2.62 bits per heavy atom. The molecule has 88 valence electrons. The first-order valence-electron chi connectivity index (χ1n) is 4.95. The number of rotatable bonds is 4. The normalized spacial score (nSPS) is 11.2. The Bertz CT molecular complexity index is 409. The number of aliphatic carboxylic acids is 1. The minimum Gasteiger partial charge on any atom is -0.480 e. The van der Waals surface area contributed by atoms with Gasteiger partial charge in [-0.3, -0.25) is 9.48 Å². The molecule has 0 fully saturated rings. The van der Waals surface area contributed by atoms with Gasteiger partial charge in [-0.1, -0.05) is 0 Å². The van der Waals surface area contributed by atoms with Gasteiger partial charge in [0, 0.05) is 12.7 Å². The highest BCUT2D eigenvalue weighted by Gasteiger charge is 2.29. The smallest absolute Gasteiger partial charge is 0.328 e. The van der Waals surface area contributed by atoms with Gasteiger partial charge in [-0.2, -0.15) is 5.10 Å². The third kappa shape index (κ3) is 2.59. The van der Waals surface area contributed by atoms with E-state index in [1.807, 2.05) is 6.92 Å². The molecule has 0 aliphatic carbocycles. The van der Waals surface area contributed by atoms with Crippen LogP contribution in [0.3, 0.4) is 0 Å². The molecule has 6 heteroatoms. The molecule has 1 aromatic heterocycles. The van der Waals surface area contributed by atoms with E-state index >= 15 is 0 Å². The van der Waals surface area contributed by atoms with Gasteiger partial charge in [0.1, 0.15) is 5.54 Å². The number of hydrogen-bond donors (Lipinski definition) is 2. The lowest BCUT2D eigenvalue weighted by Gasteiger charge is -2.20. The number of aromatic nitrogens is 2. The molecule has 1 aromatic rings. The van der Waals surface area contributed by atoms with Crippen LogP contribution >= 0.6 is 0 Å². The molecule has 0 aliphatic heterocycles. The van der Waals surface area contributed by atoms with Crippen LogP contribution in [0.1, 0.15) is 31.1 Å². The summed E-state index contributed by atoms with van der Waals surface area (Å²) in [6, 6.07) is 0. The lowest BCUT2D eigenvalue weighted by molar-refractivity contribution is -0.143. The van der Waals surface area contributed by atoms with Crippen molar-refractivity contribution in [2.24, 2.45) is 0 Å². The Hall–Kier alpha value is -1.85. The standard InChI is InChI=1S/C10H15N3O3/c1-4-13-6-7(5-11-13)8(14)12-10(2,3)9(15)16/h5-6H,4H2,1-3H3,(H,12,14)(H,15,16). The fraction of sp³-hybridized carbons (Fsp3) is 0.500. The lowest BCUT2D eigenvalue weighted by Crippen LogP contribution is -2.49. The summed E-state index contributed by atoms with van der Waals surface area (Å²) < 4.78 is 1.60. The van der Waals surface area contributed by atoms with E-state index in [1.54, 1.807) is 10.9 Å². The van der Waals surface area contributed by atoms with Crippen LogP contribution in [0, 0.1) is 0 Å². The fourth-order valence-electron chi connectivity index (χ4n) is 1.06. The van der Waals surface area contributed by atoms with Crippen LogP contribution in [0.5, 0.6) is 0 Å². The molecule has 16 heavy (non-hydrogen) atoms. The number of amides is 1.